The number of benzene rings is 2. The topological polar surface area (TPSA) is 82.5 Å². The van der Waals surface area contributed by atoms with E-state index < -0.39 is 0 Å². The Morgan fingerprint density at radius 2 is 1.84 bits per heavy atom. The van der Waals surface area contributed by atoms with E-state index in [1.54, 1.807) is 29.0 Å². The zero-order valence-corrected chi connectivity index (χ0v) is 18.7. The summed E-state index contributed by atoms with van der Waals surface area (Å²) in [6.07, 6.45) is 3.24. The number of carbonyl (C=O) groups is 2. The molecule has 1 N–H and O–H groups in total. The van der Waals surface area contributed by atoms with Gasteiger partial charge in [0.2, 0.25) is 0 Å². The van der Waals surface area contributed by atoms with Gasteiger partial charge in [0, 0.05) is 6.54 Å². The second-order valence-corrected chi connectivity index (χ2v) is 7.14. The Morgan fingerprint density at radius 3 is 2.53 bits per heavy atom. The first-order valence-corrected chi connectivity index (χ1v) is 10.4. The average molecular weight is 434 g/mol. The summed E-state index contributed by atoms with van der Waals surface area (Å²) in [5.41, 5.74) is 3.72. The van der Waals surface area contributed by atoms with Crippen molar-refractivity contribution in [1.82, 2.24) is 15.1 Å². The van der Waals surface area contributed by atoms with E-state index in [0.717, 1.165) is 16.9 Å². The van der Waals surface area contributed by atoms with Crippen molar-refractivity contribution in [2.24, 2.45) is 0 Å². The van der Waals surface area contributed by atoms with E-state index in [0.29, 0.717) is 29.3 Å². The lowest BCUT2D eigenvalue weighted by Crippen LogP contribution is -2.28. The molecule has 0 spiro atoms. The predicted octanol–water partition coefficient (Wildman–Crippen LogP) is 3.91. The van der Waals surface area contributed by atoms with Crippen molar-refractivity contribution < 1.29 is 19.1 Å². The van der Waals surface area contributed by atoms with E-state index >= 15 is 0 Å². The zero-order valence-electron chi connectivity index (χ0n) is 18.7. The fourth-order valence-electron chi connectivity index (χ4n) is 3.37. The molecule has 32 heavy (non-hydrogen) atoms. The van der Waals surface area contributed by atoms with Gasteiger partial charge in [-0.2, -0.15) is 5.10 Å². The van der Waals surface area contributed by atoms with Crippen LogP contribution in [-0.2, 0) is 4.79 Å². The molecule has 7 heteroatoms. The molecule has 0 radical (unpaired) electrons. The largest absolute Gasteiger partial charge is 0.493 e. The minimum atomic E-state index is -0.203. The van der Waals surface area contributed by atoms with Gasteiger partial charge >= 0.3 is 0 Å². The molecule has 0 aliphatic rings. The summed E-state index contributed by atoms with van der Waals surface area (Å²) in [4.78, 5) is 24.5. The minimum absolute atomic E-state index is 0.0954. The molecule has 166 valence electrons. The van der Waals surface area contributed by atoms with Crippen LogP contribution in [0.25, 0.3) is 11.8 Å². The van der Waals surface area contributed by atoms with Gasteiger partial charge in [0.05, 0.1) is 29.7 Å². The summed E-state index contributed by atoms with van der Waals surface area (Å²) < 4.78 is 12.7. The first kappa shape index (κ1) is 22.8. The van der Waals surface area contributed by atoms with Crippen LogP contribution in [0.1, 0.15) is 34.2 Å². The van der Waals surface area contributed by atoms with Crippen LogP contribution in [0.15, 0.2) is 54.6 Å². The summed E-state index contributed by atoms with van der Waals surface area (Å²) in [6.45, 7) is 6.01. The van der Waals surface area contributed by atoms with Gasteiger partial charge in [0.1, 0.15) is 0 Å². The molecule has 0 unspecified atom stereocenters. The quantitative estimate of drug-likeness (QED) is 0.409. The predicted molar refractivity (Wildman–Crippen MR) is 124 cm³/mol. The lowest BCUT2D eigenvalue weighted by molar-refractivity contribution is -0.123. The van der Waals surface area contributed by atoms with Gasteiger partial charge in [0.25, 0.3) is 5.91 Å². The van der Waals surface area contributed by atoms with Crippen molar-refractivity contribution in [3.63, 3.8) is 0 Å². The number of nitrogens with one attached hydrogen (secondary N) is 1. The normalized spacial score (nSPS) is 10.9. The number of ether oxygens (including phenoxy) is 2. The van der Waals surface area contributed by atoms with Crippen LogP contribution in [-0.4, -0.2) is 41.7 Å². The Balaban J connectivity index is 1.77. The maximum atomic E-state index is 12.9. The number of allylic oxidation sites excluding steroid dienone is 1. The highest BCUT2D eigenvalue weighted by molar-refractivity contribution is 6.08. The number of nitrogens with zero attached hydrogens (tertiary/aromatic N) is 2. The number of rotatable bonds is 9. The molecule has 1 aromatic heterocycles. The molecule has 7 nitrogen and oxygen atoms in total. The number of aromatic nitrogens is 2. The molecule has 0 atom stereocenters. The molecule has 2 aromatic carbocycles. The number of hydrogen-bond donors (Lipinski definition) is 1. The molecule has 0 fully saturated rings. The third kappa shape index (κ3) is 5.24. The monoisotopic (exact) mass is 433 g/mol. The van der Waals surface area contributed by atoms with Crippen molar-refractivity contribution in [3.8, 4) is 17.2 Å². The highest BCUT2D eigenvalue weighted by Gasteiger charge is 2.17. The van der Waals surface area contributed by atoms with Crippen LogP contribution in [0.2, 0.25) is 0 Å². The molecule has 1 amide bonds. The van der Waals surface area contributed by atoms with E-state index in [1.807, 2.05) is 51.1 Å². The van der Waals surface area contributed by atoms with Gasteiger partial charge in [0.15, 0.2) is 23.9 Å². The highest BCUT2D eigenvalue weighted by Crippen LogP contribution is 2.28. The van der Waals surface area contributed by atoms with Gasteiger partial charge < -0.3 is 14.8 Å². The molecule has 1 heterocycles. The summed E-state index contributed by atoms with van der Waals surface area (Å²) in [6, 6.07) is 15.0. The third-order valence-electron chi connectivity index (χ3n) is 4.89. The van der Waals surface area contributed by atoms with Crippen molar-refractivity contribution in [2.75, 3.05) is 20.3 Å². The Labute approximate surface area is 187 Å². The van der Waals surface area contributed by atoms with Crippen LogP contribution >= 0.6 is 0 Å². The van der Waals surface area contributed by atoms with E-state index in [-0.39, 0.29) is 18.3 Å². The third-order valence-corrected chi connectivity index (χ3v) is 4.89. The van der Waals surface area contributed by atoms with Crippen molar-refractivity contribution in [1.29, 1.82) is 0 Å². The molecule has 0 aliphatic carbocycles. The Morgan fingerprint density at radius 1 is 1.09 bits per heavy atom. The van der Waals surface area contributed by atoms with E-state index in [1.165, 1.54) is 13.2 Å². The van der Waals surface area contributed by atoms with Crippen LogP contribution in [0.4, 0.5) is 0 Å². The molecule has 3 aromatic rings. The van der Waals surface area contributed by atoms with Crippen LogP contribution in [0.3, 0.4) is 0 Å². The van der Waals surface area contributed by atoms with Gasteiger partial charge in [-0.1, -0.05) is 30.3 Å². The Kier molecular flexibility index (Phi) is 7.44. The van der Waals surface area contributed by atoms with E-state index in [2.05, 4.69) is 10.4 Å². The maximum absolute atomic E-state index is 12.9. The number of amides is 1. The highest BCUT2D eigenvalue weighted by atomic mass is 16.5. The first-order valence-electron chi connectivity index (χ1n) is 10.4. The zero-order chi connectivity index (χ0) is 23.1. The van der Waals surface area contributed by atoms with Gasteiger partial charge in [-0.15, -0.1) is 0 Å². The lowest BCUT2D eigenvalue weighted by atomic mass is 10.1. The van der Waals surface area contributed by atoms with Crippen molar-refractivity contribution in [3.05, 3.63) is 77.1 Å². The van der Waals surface area contributed by atoms with E-state index in [9.17, 15) is 9.59 Å². The molecular weight excluding hydrogens is 406 g/mol. The maximum Gasteiger partial charge on any atom is 0.257 e. The van der Waals surface area contributed by atoms with Crippen molar-refractivity contribution >= 4 is 17.8 Å². The first-order chi connectivity index (χ1) is 15.4. The lowest BCUT2D eigenvalue weighted by Gasteiger charge is -2.11. The summed E-state index contributed by atoms with van der Waals surface area (Å²) >= 11 is 0. The number of ketones is 1. The van der Waals surface area contributed by atoms with Crippen LogP contribution in [0.5, 0.6) is 11.5 Å². The Bertz CT molecular complexity index is 1130. The molecule has 0 bridgehead atoms. The van der Waals surface area contributed by atoms with Crippen LogP contribution < -0.4 is 14.8 Å². The summed E-state index contributed by atoms with van der Waals surface area (Å²) in [5, 5.41) is 7.21. The fraction of sp³-hybridized carbons (Fsp3) is 0.240. The number of likely N-dealkylation sites (N-methyl/N-ethyl adjacent to an activating group) is 1. The molecule has 0 saturated heterocycles. The standard InChI is InChI=1S/C25H27N3O4/c1-5-26-24(30)16-32-22-14-12-19(15-23(22)31-4)11-13-21(29)25-17(2)27-28(18(25)3)20-9-7-6-8-10-20/h6-15H,5,16H2,1-4H3,(H,26,30). The number of methoxy groups -OCH3 is 1. The SMILES string of the molecule is CCNC(=O)COc1ccc(C=CC(=O)c2c(C)nn(-c3ccccc3)c2C)cc1OC. The minimum Gasteiger partial charge on any atom is -0.493 e. The second kappa shape index (κ2) is 10.4. The number of aryl methyl sites for hydroxylation is 1. The average Bonchev–Trinajstić information content (AvgIpc) is 3.10. The van der Waals surface area contributed by atoms with E-state index in [4.69, 9.17) is 9.47 Å². The number of carbonyl (C=O) groups excluding carboxylic acids is 2. The van der Waals surface area contributed by atoms with Gasteiger partial charge in [-0.05, 0) is 56.7 Å². The van der Waals surface area contributed by atoms with Gasteiger partial charge in [-0.25, -0.2) is 4.68 Å². The van der Waals surface area contributed by atoms with Crippen molar-refractivity contribution in [2.45, 2.75) is 20.8 Å². The fourth-order valence-corrected chi connectivity index (χ4v) is 3.37. The molecule has 3 rings (SSSR count). The molecular formula is C25H27N3O4. The summed E-state index contributed by atoms with van der Waals surface area (Å²) in [7, 11) is 1.53. The summed E-state index contributed by atoms with van der Waals surface area (Å²) in [5.74, 6) is 0.606. The van der Waals surface area contributed by atoms with Gasteiger partial charge in [-0.3, -0.25) is 9.59 Å². The second-order valence-electron chi connectivity index (χ2n) is 7.14. The number of hydrogen-bond acceptors (Lipinski definition) is 5. The van der Waals surface area contributed by atoms with Crippen LogP contribution in [0, 0.1) is 13.8 Å². The number of para-hydroxylation sites is 1. The smallest absolute Gasteiger partial charge is 0.257 e. The molecule has 0 saturated carbocycles. The Hall–Kier alpha value is -3.87. The molecule has 0 aliphatic heterocycles.